The van der Waals surface area contributed by atoms with Crippen molar-refractivity contribution in [3.8, 4) is 0 Å². The molecule has 16 heavy (non-hydrogen) atoms. The Balaban J connectivity index is 1.87. The van der Waals surface area contributed by atoms with E-state index in [4.69, 9.17) is 5.73 Å². The Labute approximate surface area is 95.3 Å². The van der Waals surface area contributed by atoms with Crippen LogP contribution in [0.25, 0.3) is 0 Å². The van der Waals surface area contributed by atoms with Gasteiger partial charge in [-0.05, 0) is 23.8 Å². The molecule has 0 atom stereocenters. The molecule has 0 spiro atoms. The molecule has 0 radical (unpaired) electrons. The summed E-state index contributed by atoms with van der Waals surface area (Å²) in [5.41, 5.74) is 15.0. The predicted molar refractivity (Wildman–Crippen MR) is 67.8 cm³/mol. The number of hydrogen-bond donors (Lipinski definition) is 3. The van der Waals surface area contributed by atoms with Crippen LogP contribution in [0.5, 0.6) is 0 Å². The Morgan fingerprint density at radius 1 is 0.875 bits per heavy atom. The van der Waals surface area contributed by atoms with Gasteiger partial charge in [0.05, 0.1) is 0 Å². The van der Waals surface area contributed by atoms with Gasteiger partial charge in [0.25, 0.3) is 0 Å². The van der Waals surface area contributed by atoms with Crippen LogP contribution in [-0.2, 0) is 6.54 Å². The van der Waals surface area contributed by atoms with Crippen LogP contribution in [0.1, 0.15) is 5.56 Å². The fraction of sp³-hybridized carbons (Fsp3) is 0.0769. The molecular weight excluding hydrogens is 198 g/mol. The summed E-state index contributed by atoms with van der Waals surface area (Å²) in [6, 6.07) is 17.8. The molecule has 0 saturated heterocycles. The Hall–Kier alpha value is -2.00. The molecule has 3 heteroatoms. The van der Waals surface area contributed by atoms with Gasteiger partial charge in [0.15, 0.2) is 0 Å². The quantitative estimate of drug-likeness (QED) is 0.540. The van der Waals surface area contributed by atoms with Crippen molar-refractivity contribution >= 4 is 11.4 Å². The highest BCUT2D eigenvalue weighted by Crippen LogP contribution is 2.10. The Morgan fingerprint density at radius 2 is 1.56 bits per heavy atom. The maximum absolute atomic E-state index is 5.83. The molecule has 82 valence electrons. The highest BCUT2D eigenvalue weighted by molar-refractivity contribution is 5.47. The number of para-hydroxylation sites is 2. The molecule has 0 bridgehead atoms. The van der Waals surface area contributed by atoms with E-state index in [2.05, 4.69) is 10.9 Å². The van der Waals surface area contributed by atoms with E-state index in [1.807, 2.05) is 54.6 Å². The highest BCUT2D eigenvalue weighted by atomic mass is 15.3. The average Bonchev–Trinajstić information content (AvgIpc) is 2.33. The lowest BCUT2D eigenvalue weighted by molar-refractivity contribution is 0.803. The van der Waals surface area contributed by atoms with Crippen LogP contribution in [0.4, 0.5) is 11.4 Å². The van der Waals surface area contributed by atoms with Gasteiger partial charge in [-0.1, -0.05) is 36.4 Å². The first-order valence-corrected chi connectivity index (χ1v) is 5.23. The van der Waals surface area contributed by atoms with E-state index in [9.17, 15) is 0 Å². The fourth-order valence-corrected chi connectivity index (χ4v) is 1.46. The van der Waals surface area contributed by atoms with E-state index in [0.717, 1.165) is 16.9 Å². The second kappa shape index (κ2) is 5.19. The molecule has 4 N–H and O–H groups in total. The number of nitrogens with one attached hydrogen (secondary N) is 2. The van der Waals surface area contributed by atoms with Crippen LogP contribution in [0.3, 0.4) is 0 Å². The van der Waals surface area contributed by atoms with Crippen molar-refractivity contribution in [2.45, 2.75) is 6.54 Å². The minimum absolute atomic E-state index is 0.696. The summed E-state index contributed by atoms with van der Waals surface area (Å²) >= 11 is 0. The van der Waals surface area contributed by atoms with E-state index in [0.29, 0.717) is 6.54 Å². The molecule has 0 aliphatic rings. The minimum atomic E-state index is 0.696. The summed E-state index contributed by atoms with van der Waals surface area (Å²) in [5.74, 6) is 0. The molecule has 3 nitrogen and oxygen atoms in total. The molecule has 0 fully saturated rings. The van der Waals surface area contributed by atoms with Crippen LogP contribution in [0, 0.1) is 0 Å². The number of nitrogen functional groups attached to an aromatic ring is 1. The van der Waals surface area contributed by atoms with Gasteiger partial charge in [0.2, 0.25) is 0 Å². The molecule has 0 amide bonds. The van der Waals surface area contributed by atoms with Gasteiger partial charge in [0, 0.05) is 17.9 Å². The topological polar surface area (TPSA) is 50.1 Å². The zero-order valence-electron chi connectivity index (χ0n) is 8.98. The molecule has 2 aromatic carbocycles. The molecule has 2 aromatic rings. The van der Waals surface area contributed by atoms with Crippen molar-refractivity contribution in [3.05, 3.63) is 60.2 Å². The van der Waals surface area contributed by atoms with Crippen molar-refractivity contribution in [1.82, 2.24) is 5.43 Å². The zero-order valence-corrected chi connectivity index (χ0v) is 8.98. The molecule has 0 saturated carbocycles. The Bertz CT molecular complexity index is 440. The van der Waals surface area contributed by atoms with Gasteiger partial charge in [-0.15, -0.1) is 0 Å². The average molecular weight is 213 g/mol. The van der Waals surface area contributed by atoms with E-state index < -0.39 is 0 Å². The van der Waals surface area contributed by atoms with Gasteiger partial charge in [-0.3, -0.25) is 0 Å². The molecule has 0 aliphatic carbocycles. The van der Waals surface area contributed by atoms with Gasteiger partial charge < -0.3 is 11.2 Å². The fourth-order valence-electron chi connectivity index (χ4n) is 1.46. The predicted octanol–water partition coefficient (Wildman–Crippen LogP) is 2.39. The minimum Gasteiger partial charge on any atom is -0.398 e. The number of benzene rings is 2. The first-order valence-electron chi connectivity index (χ1n) is 5.23. The lowest BCUT2D eigenvalue weighted by Crippen LogP contribution is -2.21. The number of hydrazine groups is 1. The van der Waals surface area contributed by atoms with E-state index in [1.165, 1.54) is 0 Å². The third-order valence-electron chi connectivity index (χ3n) is 2.34. The smallest absolute Gasteiger partial charge is 0.0487 e. The molecule has 0 aromatic heterocycles. The van der Waals surface area contributed by atoms with Gasteiger partial charge in [-0.25, -0.2) is 5.43 Å². The number of nitrogens with two attached hydrogens (primary N) is 1. The van der Waals surface area contributed by atoms with Crippen LogP contribution in [0.2, 0.25) is 0 Å². The Morgan fingerprint density at radius 3 is 2.31 bits per heavy atom. The molecule has 0 aliphatic heterocycles. The zero-order chi connectivity index (χ0) is 11.2. The molecule has 2 rings (SSSR count). The van der Waals surface area contributed by atoms with Gasteiger partial charge in [-0.2, -0.15) is 0 Å². The SMILES string of the molecule is Nc1ccccc1CNNc1ccccc1. The molecular formula is C13H15N3. The highest BCUT2D eigenvalue weighted by Gasteiger charge is 1.96. The van der Waals surface area contributed by atoms with Gasteiger partial charge >= 0.3 is 0 Å². The van der Waals surface area contributed by atoms with E-state index in [-0.39, 0.29) is 0 Å². The standard InChI is InChI=1S/C13H15N3/c14-13-9-5-4-6-11(13)10-15-16-12-7-2-1-3-8-12/h1-9,15-16H,10,14H2. The third-order valence-corrected chi connectivity index (χ3v) is 2.34. The largest absolute Gasteiger partial charge is 0.398 e. The first kappa shape index (κ1) is 10.5. The number of hydrogen-bond acceptors (Lipinski definition) is 3. The Kier molecular flexibility index (Phi) is 3.41. The lowest BCUT2D eigenvalue weighted by Gasteiger charge is -2.09. The third kappa shape index (κ3) is 2.74. The van der Waals surface area contributed by atoms with Crippen LogP contribution >= 0.6 is 0 Å². The first-order chi connectivity index (χ1) is 7.86. The van der Waals surface area contributed by atoms with Crippen molar-refractivity contribution in [2.24, 2.45) is 0 Å². The summed E-state index contributed by atoms with van der Waals surface area (Å²) in [7, 11) is 0. The summed E-state index contributed by atoms with van der Waals surface area (Å²) in [6.07, 6.45) is 0. The maximum atomic E-state index is 5.83. The van der Waals surface area contributed by atoms with Crippen molar-refractivity contribution < 1.29 is 0 Å². The number of anilines is 2. The van der Waals surface area contributed by atoms with Crippen LogP contribution < -0.4 is 16.6 Å². The van der Waals surface area contributed by atoms with Crippen molar-refractivity contribution in [2.75, 3.05) is 11.2 Å². The van der Waals surface area contributed by atoms with E-state index >= 15 is 0 Å². The summed E-state index contributed by atoms with van der Waals surface area (Å²) in [4.78, 5) is 0. The summed E-state index contributed by atoms with van der Waals surface area (Å²) < 4.78 is 0. The molecule has 0 unspecified atom stereocenters. The number of rotatable bonds is 4. The summed E-state index contributed by atoms with van der Waals surface area (Å²) in [6.45, 7) is 0.696. The maximum Gasteiger partial charge on any atom is 0.0487 e. The normalized spacial score (nSPS) is 10.0. The van der Waals surface area contributed by atoms with Crippen LogP contribution in [0.15, 0.2) is 54.6 Å². The second-order valence-corrected chi connectivity index (χ2v) is 3.54. The van der Waals surface area contributed by atoms with Crippen molar-refractivity contribution in [1.29, 1.82) is 0 Å². The van der Waals surface area contributed by atoms with Crippen molar-refractivity contribution in [3.63, 3.8) is 0 Å². The second-order valence-electron chi connectivity index (χ2n) is 3.54. The monoisotopic (exact) mass is 213 g/mol. The molecule has 0 heterocycles. The van der Waals surface area contributed by atoms with Crippen LogP contribution in [-0.4, -0.2) is 0 Å². The van der Waals surface area contributed by atoms with Gasteiger partial charge in [0.1, 0.15) is 0 Å². The van der Waals surface area contributed by atoms with E-state index in [1.54, 1.807) is 0 Å². The summed E-state index contributed by atoms with van der Waals surface area (Å²) in [5, 5.41) is 0. The lowest BCUT2D eigenvalue weighted by atomic mass is 10.2.